The zero-order valence-electron chi connectivity index (χ0n) is 10.6. The van der Waals surface area contributed by atoms with Crippen LogP contribution >= 0.6 is 0 Å². The lowest BCUT2D eigenvalue weighted by molar-refractivity contribution is -0.0863. The summed E-state index contributed by atoms with van der Waals surface area (Å²) in [6, 6.07) is 0. The van der Waals surface area contributed by atoms with Gasteiger partial charge in [0.05, 0.1) is 25.9 Å². The minimum absolute atomic E-state index is 0.135. The Hall–Kier alpha value is -0.850. The Labute approximate surface area is 102 Å². The quantitative estimate of drug-likeness (QED) is 0.204. The maximum atomic E-state index is 8.64. The minimum atomic E-state index is -0.300. The van der Waals surface area contributed by atoms with Crippen molar-refractivity contribution in [2.75, 3.05) is 32.9 Å². The molecule has 100 valence electrons. The normalized spacial score (nSPS) is 22.7. The molecule has 0 aliphatic carbocycles. The number of amidine groups is 1. The van der Waals surface area contributed by atoms with Crippen LogP contribution in [0.1, 0.15) is 20.3 Å². The average Bonchev–Trinajstić information content (AvgIpc) is 2.35. The van der Waals surface area contributed by atoms with Gasteiger partial charge in [-0.1, -0.05) is 19.0 Å². The molecule has 0 aromatic heterocycles. The molecule has 1 saturated heterocycles. The lowest BCUT2D eigenvalue weighted by atomic mass is 9.88. The fourth-order valence-electron chi connectivity index (χ4n) is 1.58. The number of oxime groups is 1. The highest BCUT2D eigenvalue weighted by atomic mass is 16.6. The summed E-state index contributed by atoms with van der Waals surface area (Å²) in [6.45, 7) is 7.47. The Kier molecular flexibility index (Phi) is 5.67. The van der Waals surface area contributed by atoms with Crippen LogP contribution in [-0.4, -0.2) is 50.1 Å². The van der Waals surface area contributed by atoms with E-state index in [-0.39, 0.29) is 17.4 Å². The second-order valence-electron chi connectivity index (χ2n) is 4.89. The van der Waals surface area contributed by atoms with E-state index in [1.807, 2.05) is 13.8 Å². The van der Waals surface area contributed by atoms with Crippen molar-refractivity contribution < 1.29 is 14.7 Å². The molecule has 0 amide bonds. The molecule has 0 radical (unpaired) electrons. The minimum Gasteiger partial charge on any atom is -0.409 e. The van der Waals surface area contributed by atoms with Gasteiger partial charge in [-0.15, -0.1) is 0 Å². The summed E-state index contributed by atoms with van der Waals surface area (Å²) in [5.74, 6) is 0.261. The maximum absolute atomic E-state index is 8.64. The molecule has 0 saturated carbocycles. The van der Waals surface area contributed by atoms with Crippen molar-refractivity contribution in [2.24, 2.45) is 16.3 Å². The van der Waals surface area contributed by atoms with Crippen molar-refractivity contribution in [1.29, 1.82) is 0 Å². The van der Waals surface area contributed by atoms with Crippen LogP contribution in [0, 0.1) is 5.41 Å². The average molecular weight is 245 g/mol. The summed E-state index contributed by atoms with van der Waals surface area (Å²) in [6.07, 6.45) is 0.937. The number of hydrogen-bond donors (Lipinski definition) is 3. The number of nitrogens with one attached hydrogen (secondary N) is 1. The van der Waals surface area contributed by atoms with Gasteiger partial charge in [-0.25, -0.2) is 0 Å². The molecule has 17 heavy (non-hydrogen) atoms. The first-order chi connectivity index (χ1) is 8.06. The van der Waals surface area contributed by atoms with Gasteiger partial charge >= 0.3 is 0 Å². The molecule has 4 N–H and O–H groups in total. The van der Waals surface area contributed by atoms with Crippen LogP contribution in [0.2, 0.25) is 0 Å². The first-order valence-electron chi connectivity index (χ1n) is 5.94. The number of hydrogen-bond acceptors (Lipinski definition) is 5. The van der Waals surface area contributed by atoms with Crippen molar-refractivity contribution in [1.82, 2.24) is 5.32 Å². The summed E-state index contributed by atoms with van der Waals surface area (Å²) < 4.78 is 10.8. The van der Waals surface area contributed by atoms with Gasteiger partial charge in [0.1, 0.15) is 5.84 Å². The van der Waals surface area contributed by atoms with Gasteiger partial charge in [0.25, 0.3) is 0 Å². The Balaban J connectivity index is 2.14. The van der Waals surface area contributed by atoms with Crippen LogP contribution in [-0.2, 0) is 9.47 Å². The van der Waals surface area contributed by atoms with Crippen molar-refractivity contribution >= 4 is 5.84 Å². The van der Waals surface area contributed by atoms with Crippen LogP contribution < -0.4 is 11.1 Å². The van der Waals surface area contributed by atoms with E-state index in [0.29, 0.717) is 19.8 Å². The summed E-state index contributed by atoms with van der Waals surface area (Å²) in [4.78, 5) is 0. The third kappa shape index (κ3) is 4.89. The SMILES string of the molecule is CC(C)(CCNCC1COCCO1)C(N)=NO. The second-order valence-corrected chi connectivity index (χ2v) is 4.89. The van der Waals surface area contributed by atoms with E-state index < -0.39 is 0 Å². The van der Waals surface area contributed by atoms with Crippen molar-refractivity contribution in [2.45, 2.75) is 26.4 Å². The zero-order chi connectivity index (χ0) is 12.7. The Morgan fingerprint density at radius 1 is 1.53 bits per heavy atom. The lowest BCUT2D eigenvalue weighted by Gasteiger charge is -2.25. The standard InChI is InChI=1S/C11H23N3O3/c1-11(2,10(12)14-15)3-4-13-7-9-8-16-5-6-17-9/h9,13,15H,3-8H2,1-2H3,(H2,12,14). The van der Waals surface area contributed by atoms with Crippen LogP contribution in [0.15, 0.2) is 5.16 Å². The maximum Gasteiger partial charge on any atom is 0.144 e. The van der Waals surface area contributed by atoms with Gasteiger partial charge in [0.15, 0.2) is 0 Å². The molecule has 1 heterocycles. The molecule has 0 spiro atoms. The fraction of sp³-hybridized carbons (Fsp3) is 0.909. The number of nitrogens with zero attached hydrogens (tertiary/aromatic N) is 1. The van der Waals surface area contributed by atoms with E-state index in [4.69, 9.17) is 20.4 Å². The lowest BCUT2D eigenvalue weighted by Crippen LogP contribution is -2.40. The first kappa shape index (κ1) is 14.2. The fourth-order valence-corrected chi connectivity index (χ4v) is 1.58. The highest BCUT2D eigenvalue weighted by molar-refractivity contribution is 5.85. The van der Waals surface area contributed by atoms with E-state index in [1.54, 1.807) is 0 Å². The summed E-state index contributed by atoms with van der Waals surface area (Å²) in [7, 11) is 0. The Morgan fingerprint density at radius 3 is 2.88 bits per heavy atom. The van der Waals surface area contributed by atoms with Gasteiger partial charge < -0.3 is 25.7 Å². The molecular formula is C11H23N3O3. The predicted molar refractivity (Wildman–Crippen MR) is 65.2 cm³/mol. The smallest absolute Gasteiger partial charge is 0.144 e. The molecule has 1 aliphatic rings. The van der Waals surface area contributed by atoms with Gasteiger partial charge in [0.2, 0.25) is 0 Å². The van der Waals surface area contributed by atoms with Gasteiger partial charge in [-0.3, -0.25) is 0 Å². The van der Waals surface area contributed by atoms with Crippen molar-refractivity contribution in [3.63, 3.8) is 0 Å². The molecular weight excluding hydrogens is 222 g/mol. The van der Waals surface area contributed by atoms with Gasteiger partial charge in [0, 0.05) is 12.0 Å². The largest absolute Gasteiger partial charge is 0.409 e. The van der Waals surface area contributed by atoms with E-state index in [1.165, 1.54) is 0 Å². The Morgan fingerprint density at radius 2 is 2.29 bits per heavy atom. The highest BCUT2D eigenvalue weighted by Crippen LogP contribution is 2.19. The summed E-state index contributed by atoms with van der Waals surface area (Å²) >= 11 is 0. The van der Waals surface area contributed by atoms with Crippen molar-refractivity contribution in [3.8, 4) is 0 Å². The van der Waals surface area contributed by atoms with E-state index in [0.717, 1.165) is 19.5 Å². The van der Waals surface area contributed by atoms with Crippen LogP contribution in [0.4, 0.5) is 0 Å². The van der Waals surface area contributed by atoms with Crippen LogP contribution in [0.25, 0.3) is 0 Å². The first-order valence-corrected chi connectivity index (χ1v) is 5.94. The molecule has 1 fully saturated rings. The topological polar surface area (TPSA) is 89.1 Å². The van der Waals surface area contributed by atoms with Gasteiger partial charge in [-0.2, -0.15) is 0 Å². The molecule has 1 rings (SSSR count). The van der Waals surface area contributed by atoms with E-state index in [2.05, 4.69) is 10.5 Å². The summed E-state index contributed by atoms with van der Waals surface area (Å²) in [5, 5.41) is 15.0. The van der Waals surface area contributed by atoms with Gasteiger partial charge in [-0.05, 0) is 13.0 Å². The van der Waals surface area contributed by atoms with E-state index >= 15 is 0 Å². The molecule has 1 atom stereocenters. The molecule has 6 nitrogen and oxygen atoms in total. The highest BCUT2D eigenvalue weighted by Gasteiger charge is 2.23. The summed E-state index contributed by atoms with van der Waals surface area (Å²) in [5.41, 5.74) is 5.30. The monoisotopic (exact) mass is 245 g/mol. The van der Waals surface area contributed by atoms with E-state index in [9.17, 15) is 0 Å². The van der Waals surface area contributed by atoms with Crippen LogP contribution in [0.5, 0.6) is 0 Å². The molecule has 6 heteroatoms. The van der Waals surface area contributed by atoms with Crippen molar-refractivity contribution in [3.05, 3.63) is 0 Å². The number of nitrogens with two attached hydrogens (primary N) is 1. The number of ether oxygens (including phenoxy) is 2. The molecule has 1 unspecified atom stereocenters. The third-order valence-corrected chi connectivity index (χ3v) is 2.98. The number of rotatable bonds is 6. The zero-order valence-corrected chi connectivity index (χ0v) is 10.6. The second kappa shape index (κ2) is 6.78. The Bertz CT molecular complexity index is 250. The molecule has 1 aliphatic heterocycles. The molecule has 0 aromatic carbocycles. The van der Waals surface area contributed by atoms with Crippen LogP contribution in [0.3, 0.4) is 0 Å². The third-order valence-electron chi connectivity index (χ3n) is 2.98. The predicted octanol–water partition coefficient (Wildman–Crippen LogP) is 0.154. The molecule has 0 aromatic rings. The molecule has 0 bridgehead atoms.